The highest BCUT2D eigenvalue weighted by molar-refractivity contribution is 9.31. The van der Waals surface area contributed by atoms with Crippen LogP contribution in [0.1, 0.15) is 103 Å². The second-order valence-electron chi connectivity index (χ2n) is 22.3. The largest absolute Gasteiger partial charge is 0.493 e. The molecule has 0 N–H and O–H groups in total. The summed E-state index contributed by atoms with van der Waals surface area (Å²) in [6.45, 7) is 14.8. The molecular formula is C51H115N2O14P31S2. The van der Waals surface area contributed by atoms with Crippen molar-refractivity contribution in [1.82, 2.24) is 9.80 Å². The first-order valence-electron chi connectivity index (χ1n) is 31.6. The zero-order valence-electron chi connectivity index (χ0n) is 58.3. The summed E-state index contributed by atoms with van der Waals surface area (Å²) < 4.78 is 91.9. The van der Waals surface area contributed by atoms with Gasteiger partial charge in [0.05, 0.1) is 59.6 Å². The van der Waals surface area contributed by atoms with Crippen molar-refractivity contribution in [2.45, 2.75) is 141 Å². The first-order valence-corrected chi connectivity index (χ1v) is 89.9. The number of carbonyl (C=O) groups is 2. The van der Waals surface area contributed by atoms with Crippen LogP contribution < -0.4 is 18.9 Å². The van der Waals surface area contributed by atoms with Crippen LogP contribution in [-0.2, 0) is 61.1 Å². The van der Waals surface area contributed by atoms with Gasteiger partial charge in [0.25, 0.3) is 0 Å². The van der Waals surface area contributed by atoms with E-state index < -0.39 is 43.1 Å². The molecule has 0 bridgehead atoms. The Morgan fingerprint density at radius 2 is 0.900 bits per heavy atom. The molecule has 28 atom stereocenters. The van der Waals surface area contributed by atoms with E-state index in [2.05, 4.69) is 168 Å². The van der Waals surface area contributed by atoms with Gasteiger partial charge in [-0.25, -0.2) is 16.8 Å². The quantitative estimate of drug-likeness (QED) is 0.0469. The number of carbonyl (C=O) groups excluding carboxylic acids is 2. The summed E-state index contributed by atoms with van der Waals surface area (Å²) in [6.07, 6.45) is 12.0. The zero-order valence-corrected chi connectivity index (χ0v) is 92.2. The Morgan fingerprint density at radius 1 is 0.530 bits per heavy atom. The first kappa shape index (κ1) is 105. The number of esters is 2. The van der Waals surface area contributed by atoms with Crippen LogP contribution in [0.4, 0.5) is 0 Å². The SMILES string of the molecule is C=CS(=O)(=O)CC(=O)O[C@@H]1CCN([C@@H]2CCCC[C@H]2OCCc2ccc(OC)c(OC)c2)C1.CC.CCCS(=O)(=O)CC(=O)O[C@@H]1CCN([C@@H]2CCCC[C@H]2OCCc2ccc(OC)c(OC)c2)C1.PP(P)P(P)P(P(P)P)P(P(P)P)P(P)P.PPP(P)P(P(P)P)P(P(P)P)P(P)P. The van der Waals surface area contributed by atoms with Gasteiger partial charge < -0.3 is 37.9 Å². The van der Waals surface area contributed by atoms with Crippen molar-refractivity contribution in [1.29, 1.82) is 0 Å². The molecule has 4 fully saturated rings. The number of likely N-dealkylation sites (tertiary alicyclic amines) is 2. The third-order valence-corrected chi connectivity index (χ3v) is 202. The highest BCUT2D eigenvalue weighted by atomic mass is 33.4. The molecule has 2 heterocycles. The van der Waals surface area contributed by atoms with E-state index in [1.54, 1.807) is 35.4 Å². The van der Waals surface area contributed by atoms with Crippen molar-refractivity contribution in [3.05, 3.63) is 59.5 Å². The number of sulfone groups is 2. The summed E-state index contributed by atoms with van der Waals surface area (Å²) in [7, 11) is 52.9. The van der Waals surface area contributed by atoms with Crippen LogP contribution >= 0.6 is 251 Å². The smallest absolute Gasteiger partial charge is 0.321 e. The van der Waals surface area contributed by atoms with Crippen LogP contribution in [0.3, 0.4) is 0 Å². The van der Waals surface area contributed by atoms with Gasteiger partial charge in [-0.15, -0.1) is 152 Å². The molecule has 0 spiro atoms. The minimum atomic E-state index is -3.60. The third-order valence-electron chi connectivity index (χ3n) is 15.3. The number of methoxy groups -OCH3 is 4. The van der Waals surface area contributed by atoms with E-state index in [9.17, 15) is 26.4 Å². The minimum absolute atomic E-state index is 0.0172. The van der Waals surface area contributed by atoms with Gasteiger partial charge in [-0.1, -0.05) is 73.1 Å². The Hall–Kier alpha value is 9.39. The Bertz CT molecular complexity index is 2890. The highest BCUT2D eigenvalue weighted by Gasteiger charge is 2.40. The fourth-order valence-electron chi connectivity index (χ4n) is 11.0. The van der Waals surface area contributed by atoms with Gasteiger partial charge in [0.15, 0.2) is 48.4 Å². The number of nitrogens with zero attached hydrogens (tertiary/aromatic N) is 2. The average molecular weight is 2000 g/mol. The molecule has 6 rings (SSSR count). The van der Waals surface area contributed by atoms with Gasteiger partial charge in [0, 0.05) is 43.7 Å². The van der Waals surface area contributed by atoms with Crippen LogP contribution in [0.2, 0.25) is 0 Å². The number of benzene rings is 2. The van der Waals surface area contributed by atoms with Crippen molar-refractivity contribution >= 4 is 282 Å². The summed E-state index contributed by atoms with van der Waals surface area (Å²) in [5, 5.41) is 0.793. The Labute approximate surface area is 658 Å². The monoisotopic (exact) mass is 2000 g/mol. The van der Waals surface area contributed by atoms with Gasteiger partial charge in [-0.2, -0.15) is 0 Å². The lowest BCUT2D eigenvalue weighted by molar-refractivity contribution is -0.146. The van der Waals surface area contributed by atoms with Gasteiger partial charge in [-0.3, -0.25) is 19.4 Å². The standard InChI is InChI=1S/C25H39NO7S.C24H35NO7S.C2H6.H18P16.H17P15/c1-4-15-34(28,29)18-25(27)33-20-11-13-26(17-20)21-7-5-6-8-22(21)32-14-12-19-9-10-23(30-2)24(16-19)31-3;1-4-33(27,28)17-24(26)32-19-11-13-25(16-19)20-7-5-6-8-21(20)31-14-12-18-9-10-22(29-2)23(15-18)30-3;1-2;1-10(2)14(9)16(13(7)8)15(11(3)4)12(5)6;1-9-13(8)15(12(6)7)14(10(2)3)11(4)5/h9-10,16,20-22H,4-8,11-15,17-18H2,1-3H3;4,9-10,15,19-21H,1,5-8,11-14,16-17H2,2-3H3;1-2H3;1-9H2;9H,1-8H2/t20-,21-,22-;19-,20-,21-;;;/m11.../s1. The average Bonchev–Trinajstić information content (AvgIpc) is 1.54. The van der Waals surface area contributed by atoms with E-state index in [1.807, 2.05) is 50.2 Å². The van der Waals surface area contributed by atoms with E-state index in [4.69, 9.17) is 37.9 Å². The lowest BCUT2D eigenvalue weighted by Gasteiger charge is -2.40. The molecule has 4 aliphatic rings. The van der Waals surface area contributed by atoms with Crippen molar-refractivity contribution in [2.75, 3.05) is 85.1 Å². The van der Waals surface area contributed by atoms with E-state index >= 15 is 0 Å². The van der Waals surface area contributed by atoms with E-state index in [1.165, 1.54) is 0 Å². The van der Waals surface area contributed by atoms with Crippen LogP contribution in [0.25, 0.3) is 0 Å². The summed E-state index contributed by atoms with van der Waals surface area (Å²) >= 11 is 0. The molecule has 0 radical (unpaired) electrons. The zero-order chi connectivity index (χ0) is 75.6. The maximum atomic E-state index is 12.1. The van der Waals surface area contributed by atoms with Crippen molar-refractivity contribution in [3.8, 4) is 23.0 Å². The van der Waals surface area contributed by atoms with Crippen molar-refractivity contribution in [3.63, 3.8) is 0 Å². The van der Waals surface area contributed by atoms with Gasteiger partial charge >= 0.3 is 11.9 Å². The second kappa shape index (κ2) is 58.3. The molecule has 2 aliphatic heterocycles. The molecule has 0 amide bonds. The summed E-state index contributed by atoms with van der Waals surface area (Å²) in [5.41, 5.74) is 2.26. The van der Waals surface area contributed by atoms with Crippen molar-refractivity contribution < 1.29 is 64.3 Å². The van der Waals surface area contributed by atoms with Crippen LogP contribution in [-0.4, -0.2) is 160 Å². The fourth-order valence-corrected chi connectivity index (χ4v) is 333. The van der Waals surface area contributed by atoms with Crippen LogP contribution in [0, 0.1) is 0 Å². The molecule has 2 aliphatic carbocycles. The maximum absolute atomic E-state index is 12.1. The molecule has 0 aromatic heterocycles. The normalized spacial score (nSPS) is 21.2. The first-order chi connectivity index (χ1) is 47.2. The topological polar surface area (TPSA) is 183 Å². The molecule has 2 aromatic carbocycles. The van der Waals surface area contributed by atoms with Gasteiger partial charge in [0.2, 0.25) is 0 Å². The Morgan fingerprint density at radius 3 is 1.24 bits per heavy atom. The maximum Gasteiger partial charge on any atom is 0.321 e. The van der Waals surface area contributed by atoms with Gasteiger partial charge in [-0.05, 0) is 184 Å². The molecule has 49 heteroatoms. The molecular weight excluding hydrogens is 1890 g/mol. The van der Waals surface area contributed by atoms with E-state index in [0.29, 0.717) is 62.4 Å². The van der Waals surface area contributed by atoms with Crippen LogP contribution in [0.5, 0.6) is 23.0 Å². The summed E-state index contributed by atoms with van der Waals surface area (Å²) in [4.78, 5) is 28.8. The highest BCUT2D eigenvalue weighted by Crippen LogP contribution is 3.25. The number of ether oxygens (including phenoxy) is 8. The minimum Gasteiger partial charge on any atom is -0.493 e. The predicted octanol–water partition coefficient (Wildman–Crippen LogP) is 24.1. The van der Waals surface area contributed by atoms with Gasteiger partial charge in [0.1, 0.15) is 18.0 Å². The molecule has 580 valence electrons. The fraction of sp³-hybridized carbons (Fsp3) is 0.686. The molecule has 2 saturated carbocycles. The Balaban J connectivity index is 0.000000479. The number of hydrogen-bond donors (Lipinski definition) is 0. The molecule has 100 heavy (non-hydrogen) atoms. The van der Waals surface area contributed by atoms with E-state index in [-0.39, 0.29) is 127 Å². The van der Waals surface area contributed by atoms with Crippen molar-refractivity contribution in [2.24, 2.45) is 0 Å². The van der Waals surface area contributed by atoms with E-state index in [0.717, 1.165) is 114 Å². The third kappa shape index (κ3) is 40.0. The number of hydrogen-bond acceptors (Lipinski definition) is 16. The lowest BCUT2D eigenvalue weighted by Crippen LogP contribution is -2.46. The molecule has 16 nitrogen and oxygen atoms in total. The predicted molar refractivity (Wildman–Crippen MR) is 530 cm³/mol. The molecule has 2 saturated heterocycles. The molecule has 2 aromatic rings. The summed E-state index contributed by atoms with van der Waals surface area (Å²) in [6, 6.07) is 12.4. The Kier molecular flexibility index (Phi) is 61.5. The second-order valence-corrected chi connectivity index (χ2v) is 144. The number of rotatable bonds is 35. The van der Waals surface area contributed by atoms with Crippen LogP contribution in [0.15, 0.2) is 48.4 Å². The molecule has 22 unspecified atom stereocenters. The lowest BCUT2D eigenvalue weighted by atomic mass is 9.91. The summed E-state index contributed by atoms with van der Waals surface area (Å²) in [5.74, 6) is 0.344.